The van der Waals surface area contributed by atoms with Gasteiger partial charge in [-0.15, -0.1) is 11.3 Å². The molecule has 2 N–H and O–H groups in total. The third-order valence-corrected chi connectivity index (χ3v) is 4.54. The molecule has 0 unspecified atom stereocenters. The Labute approximate surface area is 138 Å². The zero-order valence-electron chi connectivity index (χ0n) is 12.4. The van der Waals surface area contributed by atoms with Gasteiger partial charge in [0, 0.05) is 23.8 Å². The van der Waals surface area contributed by atoms with E-state index in [1.54, 1.807) is 30.6 Å². The molecule has 2 aromatic heterocycles. The lowest BCUT2D eigenvalue weighted by Gasteiger charge is -2.04. The Balaban J connectivity index is 1.58. The van der Waals surface area contributed by atoms with E-state index in [1.165, 1.54) is 11.3 Å². The Morgan fingerprint density at radius 1 is 1.13 bits per heavy atom. The van der Waals surface area contributed by atoms with E-state index >= 15 is 0 Å². The van der Waals surface area contributed by atoms with E-state index in [9.17, 15) is 9.90 Å². The lowest BCUT2D eigenvalue weighted by atomic mass is 10.1. The van der Waals surface area contributed by atoms with Crippen LogP contribution in [0.15, 0.2) is 60.9 Å². The summed E-state index contributed by atoms with van der Waals surface area (Å²) >= 11 is 1.46. The molecule has 3 rings (SSSR count). The molecule has 2 heterocycles. The van der Waals surface area contributed by atoms with Gasteiger partial charge in [-0.3, -0.25) is 9.78 Å². The van der Waals surface area contributed by atoms with Crippen molar-refractivity contribution in [3.8, 4) is 16.2 Å². The van der Waals surface area contributed by atoms with Crippen molar-refractivity contribution >= 4 is 17.2 Å². The molecule has 5 heteroatoms. The summed E-state index contributed by atoms with van der Waals surface area (Å²) in [5.41, 5.74) is 2.05. The van der Waals surface area contributed by atoms with Gasteiger partial charge in [-0.2, -0.15) is 0 Å². The minimum Gasteiger partial charge on any atom is -0.508 e. The number of amides is 1. The predicted molar refractivity (Wildman–Crippen MR) is 91.7 cm³/mol. The molecule has 0 aliphatic rings. The molecule has 4 nitrogen and oxygen atoms in total. The van der Waals surface area contributed by atoms with Gasteiger partial charge in [0.25, 0.3) is 5.91 Å². The predicted octanol–water partition coefficient (Wildman–Crippen LogP) is 3.49. The molecule has 0 bridgehead atoms. The molecule has 0 aliphatic heterocycles. The third-order valence-electron chi connectivity index (χ3n) is 3.40. The average Bonchev–Trinajstić information content (AvgIpc) is 3.06. The van der Waals surface area contributed by atoms with E-state index < -0.39 is 0 Å². The van der Waals surface area contributed by atoms with Gasteiger partial charge in [0.15, 0.2) is 0 Å². The second-order valence-electron chi connectivity index (χ2n) is 5.08. The van der Waals surface area contributed by atoms with Crippen LogP contribution >= 0.6 is 11.3 Å². The van der Waals surface area contributed by atoms with E-state index in [2.05, 4.69) is 10.3 Å². The lowest BCUT2D eigenvalue weighted by Crippen LogP contribution is -2.24. The molecule has 1 amide bonds. The molecule has 0 fully saturated rings. The second kappa shape index (κ2) is 7.07. The van der Waals surface area contributed by atoms with Gasteiger partial charge in [0.05, 0.1) is 4.88 Å². The topological polar surface area (TPSA) is 62.2 Å². The smallest absolute Gasteiger partial charge is 0.261 e. The number of aromatic nitrogens is 1. The number of nitrogens with zero attached hydrogens (tertiary/aromatic N) is 1. The maximum Gasteiger partial charge on any atom is 0.261 e. The summed E-state index contributed by atoms with van der Waals surface area (Å²) in [5.74, 6) is 0.171. The molecule has 0 saturated carbocycles. The summed E-state index contributed by atoms with van der Waals surface area (Å²) in [5, 5.41) is 12.3. The van der Waals surface area contributed by atoms with Crippen molar-refractivity contribution in [1.29, 1.82) is 0 Å². The molecular formula is C18H16N2O2S. The van der Waals surface area contributed by atoms with Gasteiger partial charge >= 0.3 is 0 Å². The maximum absolute atomic E-state index is 12.2. The van der Waals surface area contributed by atoms with E-state index in [0.717, 1.165) is 16.0 Å². The Hall–Kier alpha value is -2.66. The summed E-state index contributed by atoms with van der Waals surface area (Å²) in [4.78, 5) is 17.9. The van der Waals surface area contributed by atoms with Crippen molar-refractivity contribution in [3.05, 3.63) is 71.4 Å². The van der Waals surface area contributed by atoms with Crippen LogP contribution in [0.1, 0.15) is 15.2 Å². The van der Waals surface area contributed by atoms with E-state index in [1.807, 2.05) is 30.3 Å². The van der Waals surface area contributed by atoms with Crippen LogP contribution in [-0.2, 0) is 6.42 Å². The highest BCUT2D eigenvalue weighted by Crippen LogP contribution is 2.27. The number of aromatic hydroxyl groups is 1. The zero-order chi connectivity index (χ0) is 16.1. The van der Waals surface area contributed by atoms with Gasteiger partial charge in [-0.25, -0.2) is 0 Å². The number of pyridine rings is 1. The first-order valence-electron chi connectivity index (χ1n) is 7.29. The SMILES string of the molecule is O=C(NCCc1cccc(O)c1)c1ccc(-c2ccncc2)s1. The summed E-state index contributed by atoms with van der Waals surface area (Å²) in [6.07, 6.45) is 4.16. The Morgan fingerprint density at radius 3 is 2.74 bits per heavy atom. The van der Waals surface area contributed by atoms with Gasteiger partial charge < -0.3 is 10.4 Å². The molecule has 0 radical (unpaired) electrons. The molecule has 0 atom stereocenters. The number of phenolic OH excluding ortho intramolecular Hbond substituents is 1. The van der Waals surface area contributed by atoms with Crippen LogP contribution < -0.4 is 5.32 Å². The molecule has 0 aliphatic carbocycles. The summed E-state index contributed by atoms with van der Waals surface area (Å²) in [7, 11) is 0. The zero-order valence-corrected chi connectivity index (χ0v) is 13.2. The largest absolute Gasteiger partial charge is 0.508 e. The van der Waals surface area contributed by atoms with Crippen molar-refractivity contribution in [2.75, 3.05) is 6.54 Å². The fourth-order valence-corrected chi connectivity index (χ4v) is 3.18. The van der Waals surface area contributed by atoms with Gasteiger partial charge in [-0.1, -0.05) is 12.1 Å². The Kier molecular flexibility index (Phi) is 4.68. The molecule has 1 aromatic carbocycles. The highest BCUT2D eigenvalue weighted by atomic mass is 32.1. The maximum atomic E-state index is 12.2. The minimum atomic E-state index is -0.0736. The Morgan fingerprint density at radius 2 is 1.96 bits per heavy atom. The number of carbonyl (C=O) groups is 1. The van der Waals surface area contributed by atoms with Crippen LogP contribution in [0.3, 0.4) is 0 Å². The monoisotopic (exact) mass is 324 g/mol. The summed E-state index contributed by atoms with van der Waals surface area (Å²) in [6, 6.07) is 14.7. The highest BCUT2D eigenvalue weighted by Gasteiger charge is 2.09. The first kappa shape index (κ1) is 15.2. The number of thiophene rings is 1. The quantitative estimate of drug-likeness (QED) is 0.755. The van der Waals surface area contributed by atoms with Crippen molar-refractivity contribution < 1.29 is 9.90 Å². The third kappa shape index (κ3) is 3.96. The average molecular weight is 324 g/mol. The normalized spacial score (nSPS) is 10.4. The fourth-order valence-electron chi connectivity index (χ4n) is 2.25. The van der Waals surface area contributed by atoms with E-state index in [0.29, 0.717) is 17.8 Å². The number of rotatable bonds is 5. The summed E-state index contributed by atoms with van der Waals surface area (Å²) < 4.78 is 0. The lowest BCUT2D eigenvalue weighted by molar-refractivity contribution is 0.0958. The standard InChI is InChI=1S/C18H16N2O2S/c21-15-3-1-2-13(12-15)6-11-20-18(22)17-5-4-16(23-17)14-7-9-19-10-8-14/h1-5,7-10,12,21H,6,11H2,(H,20,22). The number of phenols is 1. The van der Waals surface area contributed by atoms with Gasteiger partial charge in [0.1, 0.15) is 5.75 Å². The molecule has 116 valence electrons. The number of nitrogens with one attached hydrogen (secondary N) is 1. The number of hydrogen-bond acceptors (Lipinski definition) is 4. The van der Waals surface area contributed by atoms with Crippen LogP contribution in [0, 0.1) is 0 Å². The second-order valence-corrected chi connectivity index (χ2v) is 6.16. The number of benzene rings is 1. The van der Waals surface area contributed by atoms with Crippen molar-refractivity contribution in [3.63, 3.8) is 0 Å². The number of carbonyl (C=O) groups excluding carboxylic acids is 1. The molecule has 23 heavy (non-hydrogen) atoms. The van der Waals surface area contributed by atoms with Crippen molar-refractivity contribution in [2.45, 2.75) is 6.42 Å². The first-order chi connectivity index (χ1) is 11.2. The Bertz CT molecular complexity index is 800. The van der Waals surface area contributed by atoms with Gasteiger partial charge in [-0.05, 0) is 53.9 Å². The van der Waals surface area contributed by atoms with Crippen LogP contribution in [0.25, 0.3) is 10.4 Å². The van der Waals surface area contributed by atoms with Crippen molar-refractivity contribution in [1.82, 2.24) is 10.3 Å². The molecule has 0 spiro atoms. The van der Waals surface area contributed by atoms with Crippen LogP contribution in [0.4, 0.5) is 0 Å². The van der Waals surface area contributed by atoms with E-state index in [-0.39, 0.29) is 11.7 Å². The van der Waals surface area contributed by atoms with Crippen molar-refractivity contribution in [2.24, 2.45) is 0 Å². The van der Waals surface area contributed by atoms with E-state index in [4.69, 9.17) is 0 Å². The van der Waals surface area contributed by atoms with Crippen LogP contribution in [0.5, 0.6) is 5.75 Å². The first-order valence-corrected chi connectivity index (χ1v) is 8.10. The fraction of sp³-hybridized carbons (Fsp3) is 0.111. The minimum absolute atomic E-state index is 0.0736. The van der Waals surface area contributed by atoms with Crippen LogP contribution in [-0.4, -0.2) is 22.5 Å². The summed E-state index contributed by atoms with van der Waals surface area (Å²) in [6.45, 7) is 0.533. The molecule has 3 aromatic rings. The highest BCUT2D eigenvalue weighted by molar-refractivity contribution is 7.17. The van der Waals surface area contributed by atoms with Crippen LogP contribution in [0.2, 0.25) is 0 Å². The number of hydrogen-bond donors (Lipinski definition) is 2. The molecular weight excluding hydrogens is 308 g/mol. The molecule has 0 saturated heterocycles. The van der Waals surface area contributed by atoms with Gasteiger partial charge in [0.2, 0.25) is 0 Å².